The molecule has 1 unspecified atom stereocenters. The van der Waals surface area contributed by atoms with Gasteiger partial charge in [0.1, 0.15) is 0 Å². The van der Waals surface area contributed by atoms with Gasteiger partial charge in [-0.15, -0.1) is 12.4 Å². The quantitative estimate of drug-likeness (QED) is 0.663. The number of amides is 1. The summed E-state index contributed by atoms with van der Waals surface area (Å²) in [4.78, 5) is 26.6. The van der Waals surface area contributed by atoms with Gasteiger partial charge in [-0.05, 0) is 43.4 Å². The number of ketones is 1. The van der Waals surface area contributed by atoms with E-state index in [1.807, 2.05) is 30.3 Å². The van der Waals surface area contributed by atoms with Gasteiger partial charge in [0.15, 0.2) is 11.8 Å². The van der Waals surface area contributed by atoms with Crippen LogP contribution >= 0.6 is 24.0 Å². The standard InChI is InChI=1S/C17H17ClN2O2.ClH/c1-19-15(16(21)12-8-10-13(18)11-9-12)17(22)20(2)14-6-4-3-5-7-14;/h3-11,15,19H,1-2H3;1H. The summed E-state index contributed by atoms with van der Waals surface area (Å²) >= 11 is 5.82. The summed E-state index contributed by atoms with van der Waals surface area (Å²) in [7, 11) is 3.24. The lowest BCUT2D eigenvalue weighted by molar-refractivity contribution is -0.119. The molecular weight excluding hydrogens is 335 g/mol. The van der Waals surface area contributed by atoms with Crippen molar-refractivity contribution in [3.8, 4) is 0 Å². The molecule has 0 saturated heterocycles. The number of benzene rings is 2. The fraction of sp³-hybridized carbons (Fsp3) is 0.176. The van der Waals surface area contributed by atoms with E-state index < -0.39 is 6.04 Å². The third-order valence-corrected chi connectivity index (χ3v) is 3.65. The van der Waals surface area contributed by atoms with Crippen molar-refractivity contribution >= 4 is 41.4 Å². The summed E-state index contributed by atoms with van der Waals surface area (Å²) in [6, 6.07) is 14.7. The predicted molar refractivity (Wildman–Crippen MR) is 95.7 cm³/mol. The first kappa shape index (κ1) is 19.2. The highest BCUT2D eigenvalue weighted by Gasteiger charge is 2.29. The largest absolute Gasteiger partial charge is 0.314 e. The summed E-state index contributed by atoms with van der Waals surface area (Å²) in [5.41, 5.74) is 1.18. The van der Waals surface area contributed by atoms with Crippen LogP contribution in [0.15, 0.2) is 54.6 Å². The number of halogens is 2. The number of carbonyl (C=O) groups excluding carboxylic acids is 2. The summed E-state index contributed by atoms with van der Waals surface area (Å²) < 4.78 is 0. The molecule has 6 heteroatoms. The molecule has 0 aliphatic heterocycles. The number of para-hydroxylation sites is 1. The Bertz CT molecular complexity index is 660. The predicted octanol–water partition coefficient (Wildman–Crippen LogP) is 3.20. The molecule has 4 nitrogen and oxygen atoms in total. The summed E-state index contributed by atoms with van der Waals surface area (Å²) in [6.07, 6.45) is 0. The van der Waals surface area contributed by atoms with Crippen LogP contribution in [0.4, 0.5) is 5.69 Å². The monoisotopic (exact) mass is 352 g/mol. The highest BCUT2D eigenvalue weighted by atomic mass is 35.5. The van der Waals surface area contributed by atoms with Gasteiger partial charge < -0.3 is 10.2 Å². The molecule has 23 heavy (non-hydrogen) atoms. The molecule has 0 spiro atoms. The van der Waals surface area contributed by atoms with E-state index in [4.69, 9.17) is 11.6 Å². The molecule has 1 amide bonds. The van der Waals surface area contributed by atoms with Crippen molar-refractivity contribution in [3.63, 3.8) is 0 Å². The first-order chi connectivity index (χ1) is 10.5. The molecule has 2 aromatic rings. The molecule has 0 bridgehead atoms. The zero-order valence-corrected chi connectivity index (χ0v) is 14.4. The van der Waals surface area contributed by atoms with Gasteiger partial charge in [0.25, 0.3) is 5.91 Å². The number of carbonyl (C=O) groups is 2. The number of nitrogens with one attached hydrogen (secondary N) is 1. The molecule has 1 atom stereocenters. The number of rotatable bonds is 5. The lowest BCUT2D eigenvalue weighted by atomic mass is 10.0. The van der Waals surface area contributed by atoms with Crippen LogP contribution in [-0.2, 0) is 4.79 Å². The van der Waals surface area contributed by atoms with Crippen molar-refractivity contribution in [2.75, 3.05) is 19.0 Å². The third-order valence-electron chi connectivity index (χ3n) is 3.40. The average Bonchev–Trinajstić information content (AvgIpc) is 2.56. The number of Topliss-reactive ketones (excluding diaryl/α,β-unsaturated/α-hetero) is 1. The number of anilines is 1. The molecule has 0 saturated carbocycles. The van der Waals surface area contributed by atoms with Gasteiger partial charge in [0, 0.05) is 23.3 Å². The van der Waals surface area contributed by atoms with E-state index in [1.54, 1.807) is 38.4 Å². The lowest BCUT2D eigenvalue weighted by Crippen LogP contribution is -2.48. The minimum atomic E-state index is -0.939. The van der Waals surface area contributed by atoms with E-state index in [-0.39, 0.29) is 24.1 Å². The number of hydrogen-bond acceptors (Lipinski definition) is 3. The SMILES string of the molecule is CNC(C(=O)c1ccc(Cl)cc1)C(=O)N(C)c1ccccc1.Cl. The van der Waals surface area contributed by atoms with E-state index >= 15 is 0 Å². The van der Waals surface area contributed by atoms with Crippen LogP contribution in [0, 0.1) is 0 Å². The maximum Gasteiger partial charge on any atom is 0.251 e. The number of nitrogens with zero attached hydrogens (tertiary/aromatic N) is 1. The van der Waals surface area contributed by atoms with Crippen molar-refractivity contribution in [1.82, 2.24) is 5.32 Å². The van der Waals surface area contributed by atoms with Gasteiger partial charge in [-0.1, -0.05) is 29.8 Å². The van der Waals surface area contributed by atoms with Crippen LogP contribution in [0.2, 0.25) is 5.02 Å². The zero-order valence-electron chi connectivity index (χ0n) is 12.8. The first-order valence-electron chi connectivity index (χ1n) is 6.84. The number of likely N-dealkylation sites (N-methyl/N-ethyl adjacent to an activating group) is 2. The second kappa shape index (κ2) is 8.67. The molecule has 0 radical (unpaired) electrons. The normalized spacial score (nSPS) is 11.3. The maximum absolute atomic E-state index is 12.6. The van der Waals surface area contributed by atoms with E-state index in [9.17, 15) is 9.59 Å². The van der Waals surface area contributed by atoms with Gasteiger partial charge in [0.05, 0.1) is 0 Å². The Labute approximate surface area is 146 Å². The summed E-state index contributed by atoms with van der Waals surface area (Å²) in [6.45, 7) is 0. The second-order valence-electron chi connectivity index (χ2n) is 4.83. The maximum atomic E-state index is 12.6. The van der Waals surface area contributed by atoms with Gasteiger partial charge in [-0.3, -0.25) is 9.59 Å². The third kappa shape index (κ3) is 4.55. The first-order valence-corrected chi connectivity index (χ1v) is 7.22. The van der Waals surface area contributed by atoms with Crippen LogP contribution < -0.4 is 10.2 Å². The molecule has 0 heterocycles. The van der Waals surface area contributed by atoms with Crippen LogP contribution in [-0.4, -0.2) is 31.8 Å². The van der Waals surface area contributed by atoms with Gasteiger partial charge in [0.2, 0.25) is 0 Å². The van der Waals surface area contributed by atoms with Crippen LogP contribution in [0.1, 0.15) is 10.4 Å². The Morgan fingerprint density at radius 1 is 1.04 bits per heavy atom. The van der Waals surface area contributed by atoms with Crippen LogP contribution in [0.3, 0.4) is 0 Å². The molecule has 1 N–H and O–H groups in total. The molecule has 122 valence electrons. The van der Waals surface area contributed by atoms with Crippen molar-refractivity contribution in [2.45, 2.75) is 6.04 Å². The Morgan fingerprint density at radius 3 is 2.13 bits per heavy atom. The van der Waals surface area contributed by atoms with Gasteiger partial charge in [-0.25, -0.2) is 0 Å². The highest BCUT2D eigenvalue weighted by Crippen LogP contribution is 2.15. The minimum absolute atomic E-state index is 0. The van der Waals surface area contributed by atoms with Crippen LogP contribution in [0.25, 0.3) is 0 Å². The van der Waals surface area contributed by atoms with Crippen molar-refractivity contribution < 1.29 is 9.59 Å². The Kier molecular flexibility index (Phi) is 7.23. The van der Waals surface area contributed by atoms with Gasteiger partial charge >= 0.3 is 0 Å². The smallest absolute Gasteiger partial charge is 0.251 e. The fourth-order valence-corrected chi connectivity index (χ4v) is 2.25. The average molecular weight is 353 g/mol. The van der Waals surface area contributed by atoms with E-state index in [0.29, 0.717) is 10.6 Å². The van der Waals surface area contributed by atoms with Crippen LogP contribution in [0.5, 0.6) is 0 Å². The Balaban J connectivity index is 0.00000264. The molecule has 0 fully saturated rings. The fourth-order valence-electron chi connectivity index (χ4n) is 2.12. The van der Waals surface area contributed by atoms with Crippen molar-refractivity contribution in [3.05, 3.63) is 65.2 Å². The van der Waals surface area contributed by atoms with E-state index in [2.05, 4.69) is 5.32 Å². The van der Waals surface area contributed by atoms with E-state index in [0.717, 1.165) is 5.69 Å². The Morgan fingerprint density at radius 2 is 1.61 bits per heavy atom. The minimum Gasteiger partial charge on any atom is -0.314 e. The van der Waals surface area contributed by atoms with Gasteiger partial charge in [-0.2, -0.15) is 0 Å². The van der Waals surface area contributed by atoms with E-state index in [1.165, 1.54) is 4.90 Å². The van der Waals surface area contributed by atoms with Crippen molar-refractivity contribution in [2.24, 2.45) is 0 Å². The molecular formula is C17H18Cl2N2O2. The summed E-state index contributed by atoms with van der Waals surface area (Å²) in [5, 5.41) is 3.34. The second-order valence-corrected chi connectivity index (χ2v) is 5.26. The lowest BCUT2D eigenvalue weighted by Gasteiger charge is -2.23. The molecule has 2 aromatic carbocycles. The molecule has 0 aliphatic rings. The molecule has 0 aliphatic carbocycles. The topological polar surface area (TPSA) is 49.4 Å². The highest BCUT2D eigenvalue weighted by molar-refractivity contribution is 6.30. The molecule has 0 aromatic heterocycles. The van der Waals surface area contributed by atoms with Crippen molar-refractivity contribution in [1.29, 1.82) is 0 Å². The molecule has 2 rings (SSSR count). The summed E-state index contributed by atoms with van der Waals surface area (Å²) in [5.74, 6) is -0.597. The Hall–Kier alpha value is -1.88. The zero-order chi connectivity index (χ0) is 16.1. The number of hydrogen-bond donors (Lipinski definition) is 1.